The molecule has 0 saturated carbocycles. The van der Waals surface area contributed by atoms with E-state index in [1.807, 2.05) is 11.8 Å². The summed E-state index contributed by atoms with van der Waals surface area (Å²) in [6, 6.07) is 0. The summed E-state index contributed by atoms with van der Waals surface area (Å²) in [5.41, 5.74) is -0.135. The summed E-state index contributed by atoms with van der Waals surface area (Å²) in [6.45, 7) is 2.91. The van der Waals surface area contributed by atoms with Gasteiger partial charge in [-0.1, -0.05) is 6.92 Å². The van der Waals surface area contributed by atoms with Gasteiger partial charge in [-0.15, -0.1) is 0 Å². The van der Waals surface area contributed by atoms with Crippen LogP contribution in [0.3, 0.4) is 0 Å². The number of hydrogen-bond donors (Lipinski definition) is 0. The molecule has 0 unspecified atom stereocenters. The molecule has 0 spiro atoms. The number of alkyl halides is 2. The summed E-state index contributed by atoms with van der Waals surface area (Å²) < 4.78 is 26.1. The van der Waals surface area contributed by atoms with E-state index < -0.39 is 5.92 Å². The minimum absolute atomic E-state index is 0.000833. The van der Waals surface area contributed by atoms with Gasteiger partial charge in [0.25, 0.3) is 5.92 Å². The fourth-order valence-electron chi connectivity index (χ4n) is 2.78. The molecule has 0 bridgehead atoms. The molecule has 0 aromatic rings. The summed E-state index contributed by atoms with van der Waals surface area (Å²) in [6.07, 6.45) is 3.04. The van der Waals surface area contributed by atoms with Crippen LogP contribution in [0.2, 0.25) is 0 Å². The molecule has 2 aliphatic rings. The number of fused-ring (bicyclic) bond motifs is 1. The van der Waals surface area contributed by atoms with Gasteiger partial charge >= 0.3 is 0 Å². The van der Waals surface area contributed by atoms with Crippen molar-refractivity contribution in [1.29, 1.82) is 0 Å². The molecule has 2 aliphatic heterocycles. The molecule has 2 rings (SSSR count). The molecule has 70 valence electrons. The monoisotopic (exact) mass is 175 g/mol. The molecule has 1 atom stereocenters. The van der Waals surface area contributed by atoms with Crippen molar-refractivity contribution in [2.24, 2.45) is 0 Å². The maximum atomic E-state index is 13.1. The van der Waals surface area contributed by atoms with Gasteiger partial charge in [0, 0.05) is 12.0 Å². The topological polar surface area (TPSA) is 3.24 Å². The van der Waals surface area contributed by atoms with E-state index in [4.69, 9.17) is 0 Å². The molecule has 12 heavy (non-hydrogen) atoms. The Morgan fingerprint density at radius 1 is 1.42 bits per heavy atom. The first-order valence-corrected chi connectivity index (χ1v) is 4.71. The van der Waals surface area contributed by atoms with Gasteiger partial charge < -0.3 is 0 Å². The lowest BCUT2D eigenvalue weighted by Crippen LogP contribution is -2.37. The molecule has 0 amide bonds. The number of hydrogen-bond acceptors (Lipinski definition) is 1. The first kappa shape index (κ1) is 8.42. The van der Waals surface area contributed by atoms with Crippen molar-refractivity contribution in [3.8, 4) is 0 Å². The third-order valence-corrected chi connectivity index (χ3v) is 3.41. The largest absolute Gasteiger partial charge is 0.292 e. The van der Waals surface area contributed by atoms with Gasteiger partial charge in [0.2, 0.25) is 0 Å². The molecule has 0 aromatic carbocycles. The molecule has 2 fully saturated rings. The first-order chi connectivity index (χ1) is 5.58. The summed E-state index contributed by atoms with van der Waals surface area (Å²) in [5.74, 6) is -2.42. The maximum absolute atomic E-state index is 13.1. The van der Waals surface area contributed by atoms with E-state index in [1.54, 1.807) is 0 Å². The molecular weight excluding hydrogens is 160 g/mol. The highest BCUT2D eigenvalue weighted by Crippen LogP contribution is 2.47. The molecule has 2 saturated heterocycles. The van der Waals surface area contributed by atoms with E-state index >= 15 is 0 Å². The van der Waals surface area contributed by atoms with Crippen LogP contribution in [-0.4, -0.2) is 29.5 Å². The standard InChI is InChI=1S/C9H15F2N/c1-2-8-4-3-5-12(8)7-9(10,11)6-8/h2-7H2,1H3/t8-/m1/s1. The van der Waals surface area contributed by atoms with Gasteiger partial charge in [-0.3, -0.25) is 4.90 Å². The van der Waals surface area contributed by atoms with Gasteiger partial charge in [0.15, 0.2) is 0 Å². The Kier molecular flexibility index (Phi) is 1.69. The normalized spacial score (nSPS) is 40.2. The second-order valence-corrected chi connectivity index (χ2v) is 4.14. The fraction of sp³-hybridized carbons (Fsp3) is 1.00. The molecule has 0 aliphatic carbocycles. The molecule has 3 heteroatoms. The van der Waals surface area contributed by atoms with E-state index in [1.165, 1.54) is 0 Å². The van der Waals surface area contributed by atoms with E-state index in [9.17, 15) is 8.78 Å². The van der Waals surface area contributed by atoms with Crippen molar-refractivity contribution in [1.82, 2.24) is 4.90 Å². The van der Waals surface area contributed by atoms with E-state index in [0.29, 0.717) is 0 Å². The van der Waals surface area contributed by atoms with Crippen LogP contribution in [0.4, 0.5) is 8.78 Å². The summed E-state index contributed by atoms with van der Waals surface area (Å²) in [5, 5.41) is 0. The maximum Gasteiger partial charge on any atom is 0.262 e. The molecule has 0 radical (unpaired) electrons. The van der Waals surface area contributed by atoms with Crippen LogP contribution in [0.25, 0.3) is 0 Å². The average Bonchev–Trinajstić information content (AvgIpc) is 2.40. The highest BCUT2D eigenvalue weighted by atomic mass is 19.3. The van der Waals surface area contributed by atoms with Crippen LogP contribution in [0, 0.1) is 0 Å². The van der Waals surface area contributed by atoms with Crippen molar-refractivity contribution in [3.63, 3.8) is 0 Å². The van der Waals surface area contributed by atoms with Crippen molar-refractivity contribution >= 4 is 0 Å². The highest BCUT2D eigenvalue weighted by Gasteiger charge is 2.55. The smallest absolute Gasteiger partial charge is 0.262 e. The van der Waals surface area contributed by atoms with E-state index in [-0.39, 0.29) is 18.5 Å². The number of halogens is 2. The highest BCUT2D eigenvalue weighted by molar-refractivity contribution is 5.05. The van der Waals surface area contributed by atoms with Gasteiger partial charge in [-0.2, -0.15) is 0 Å². The second-order valence-electron chi connectivity index (χ2n) is 4.14. The third kappa shape index (κ3) is 1.06. The Hall–Kier alpha value is -0.180. The van der Waals surface area contributed by atoms with Gasteiger partial charge in [-0.05, 0) is 25.8 Å². The van der Waals surface area contributed by atoms with Crippen molar-refractivity contribution in [2.75, 3.05) is 13.1 Å². The molecular formula is C9H15F2N. The van der Waals surface area contributed by atoms with Crippen molar-refractivity contribution in [2.45, 2.75) is 44.1 Å². The number of rotatable bonds is 1. The second kappa shape index (κ2) is 2.41. The Morgan fingerprint density at radius 2 is 2.17 bits per heavy atom. The van der Waals surface area contributed by atoms with E-state index in [0.717, 1.165) is 25.8 Å². The number of nitrogens with zero attached hydrogens (tertiary/aromatic N) is 1. The SMILES string of the molecule is CC[C@]12CCCN1CC(F)(F)C2. The Balaban J connectivity index is 2.20. The zero-order valence-electron chi connectivity index (χ0n) is 7.45. The van der Waals surface area contributed by atoms with Crippen LogP contribution in [0.1, 0.15) is 32.6 Å². The minimum Gasteiger partial charge on any atom is -0.292 e. The summed E-state index contributed by atoms with van der Waals surface area (Å²) in [4.78, 5) is 1.99. The lowest BCUT2D eigenvalue weighted by Gasteiger charge is -2.29. The molecule has 1 nitrogen and oxygen atoms in total. The predicted molar refractivity (Wildman–Crippen MR) is 43.4 cm³/mol. The third-order valence-electron chi connectivity index (χ3n) is 3.41. The van der Waals surface area contributed by atoms with Gasteiger partial charge in [-0.25, -0.2) is 8.78 Å². The zero-order valence-corrected chi connectivity index (χ0v) is 7.45. The lowest BCUT2D eigenvalue weighted by atomic mass is 9.90. The van der Waals surface area contributed by atoms with Crippen molar-refractivity contribution < 1.29 is 8.78 Å². The van der Waals surface area contributed by atoms with Crippen LogP contribution in [0.15, 0.2) is 0 Å². The van der Waals surface area contributed by atoms with Crippen LogP contribution < -0.4 is 0 Å². The first-order valence-electron chi connectivity index (χ1n) is 4.71. The molecule has 2 heterocycles. The minimum atomic E-state index is -2.42. The predicted octanol–water partition coefficient (Wildman–Crippen LogP) is 2.27. The Bertz CT molecular complexity index is 193. The van der Waals surface area contributed by atoms with Crippen LogP contribution in [0.5, 0.6) is 0 Å². The van der Waals surface area contributed by atoms with Gasteiger partial charge in [0.05, 0.1) is 6.54 Å². The quantitative estimate of drug-likeness (QED) is 0.591. The molecule has 0 aromatic heterocycles. The molecule has 0 N–H and O–H groups in total. The Labute approximate surface area is 71.7 Å². The fourth-order valence-corrected chi connectivity index (χ4v) is 2.78. The summed E-state index contributed by atoms with van der Waals surface area (Å²) in [7, 11) is 0. The van der Waals surface area contributed by atoms with E-state index in [2.05, 4.69) is 0 Å². The zero-order chi connectivity index (χ0) is 8.82. The van der Waals surface area contributed by atoms with Crippen molar-refractivity contribution in [3.05, 3.63) is 0 Å². The van der Waals surface area contributed by atoms with Crippen LogP contribution >= 0.6 is 0 Å². The van der Waals surface area contributed by atoms with Crippen LogP contribution in [-0.2, 0) is 0 Å². The Morgan fingerprint density at radius 3 is 2.75 bits per heavy atom. The average molecular weight is 175 g/mol. The summed E-state index contributed by atoms with van der Waals surface area (Å²) >= 11 is 0. The lowest BCUT2D eigenvalue weighted by molar-refractivity contribution is 0.00945. The van der Waals surface area contributed by atoms with Gasteiger partial charge in [0.1, 0.15) is 0 Å².